The lowest BCUT2D eigenvalue weighted by molar-refractivity contribution is -0.141. The molecule has 2 aromatic rings. The van der Waals surface area contributed by atoms with Crippen LogP contribution in [0.25, 0.3) is 11.3 Å². The van der Waals surface area contributed by atoms with Gasteiger partial charge in [-0.3, -0.25) is 0 Å². The van der Waals surface area contributed by atoms with Gasteiger partial charge in [-0.15, -0.1) is 0 Å². The lowest BCUT2D eigenvalue weighted by atomic mass is 10.0. The minimum atomic E-state index is -4.58. The Hall–Kier alpha value is -1.37. The van der Waals surface area contributed by atoms with Gasteiger partial charge < -0.3 is 0 Å². The molecular weight excluding hydrogens is 331 g/mol. The first-order valence-electron chi connectivity index (χ1n) is 5.69. The quantitative estimate of drug-likeness (QED) is 0.642. The molecule has 0 atom stereocenters. The maximum atomic E-state index is 13.2. The molecule has 21 heavy (non-hydrogen) atoms. The second-order valence-electron chi connectivity index (χ2n) is 4.14. The normalized spacial score (nSPS) is 11.7. The predicted molar refractivity (Wildman–Crippen MR) is 72.3 cm³/mol. The highest BCUT2D eigenvalue weighted by Gasteiger charge is 2.33. The van der Waals surface area contributed by atoms with Crippen LogP contribution >= 0.6 is 23.4 Å². The summed E-state index contributed by atoms with van der Waals surface area (Å²) in [5, 5.41) is -0.198. The Morgan fingerprint density at radius 2 is 1.86 bits per heavy atom. The predicted octanol–water partition coefficient (Wildman–Crippen LogP) is 4.80. The molecule has 1 aromatic heterocycles. The minimum absolute atomic E-state index is 0.0416. The molecule has 1 aromatic carbocycles. The summed E-state index contributed by atoms with van der Waals surface area (Å²) in [6.07, 6.45) is -4.58. The van der Waals surface area contributed by atoms with Gasteiger partial charge in [-0.05, 0) is 41.6 Å². The molecule has 112 valence electrons. The number of aromatic nitrogens is 1. The van der Waals surface area contributed by atoms with Crippen molar-refractivity contribution >= 4 is 23.4 Å². The van der Waals surface area contributed by atoms with Crippen molar-refractivity contribution in [1.29, 1.82) is 0 Å². The van der Waals surface area contributed by atoms with Gasteiger partial charge in [0.2, 0.25) is 0 Å². The van der Waals surface area contributed by atoms with Gasteiger partial charge in [0.25, 0.3) is 0 Å². The van der Waals surface area contributed by atoms with E-state index < -0.39 is 17.7 Å². The standard InChI is InChI=1S/C13H8Cl2F4N2/c14-9-5-7(1-3-10(9)16)12-8(6-20-15)2-4-11(21-12)13(17,18)19/h1-5,20H,6H2. The highest BCUT2D eigenvalue weighted by Crippen LogP contribution is 2.32. The van der Waals surface area contributed by atoms with Crippen LogP contribution in [0.15, 0.2) is 30.3 Å². The Balaban J connectivity index is 2.59. The smallest absolute Gasteiger partial charge is 0.243 e. The summed E-state index contributed by atoms with van der Waals surface area (Å²) in [6, 6.07) is 5.71. The van der Waals surface area contributed by atoms with Crippen LogP contribution in [0, 0.1) is 5.82 Å². The van der Waals surface area contributed by atoms with Crippen LogP contribution in [0.2, 0.25) is 5.02 Å². The van der Waals surface area contributed by atoms with Crippen LogP contribution in [0.4, 0.5) is 17.6 Å². The van der Waals surface area contributed by atoms with E-state index in [-0.39, 0.29) is 22.8 Å². The highest BCUT2D eigenvalue weighted by molar-refractivity contribution is 6.31. The molecular formula is C13H8Cl2F4N2. The molecule has 0 fully saturated rings. The average Bonchev–Trinajstić information content (AvgIpc) is 2.41. The van der Waals surface area contributed by atoms with Crippen molar-refractivity contribution in [1.82, 2.24) is 9.82 Å². The summed E-state index contributed by atoms with van der Waals surface area (Å²) in [5.41, 5.74) is -0.300. The van der Waals surface area contributed by atoms with Gasteiger partial charge in [0.05, 0.1) is 10.7 Å². The zero-order valence-electron chi connectivity index (χ0n) is 10.3. The van der Waals surface area contributed by atoms with E-state index in [1.54, 1.807) is 0 Å². The molecule has 1 N–H and O–H groups in total. The molecule has 0 radical (unpaired) electrons. The lowest BCUT2D eigenvalue weighted by Crippen LogP contribution is -2.11. The SMILES string of the molecule is Fc1ccc(-c2nc(C(F)(F)F)ccc2CNCl)cc1Cl. The number of alkyl halides is 3. The van der Waals surface area contributed by atoms with Crippen molar-refractivity contribution in [2.45, 2.75) is 12.7 Å². The molecule has 0 saturated heterocycles. The number of rotatable bonds is 3. The molecule has 0 bridgehead atoms. The largest absolute Gasteiger partial charge is 0.433 e. The molecule has 2 rings (SSSR count). The molecule has 0 unspecified atom stereocenters. The molecule has 1 heterocycles. The zero-order chi connectivity index (χ0) is 15.6. The maximum Gasteiger partial charge on any atom is 0.433 e. The second kappa shape index (κ2) is 6.17. The third kappa shape index (κ3) is 3.64. The summed E-state index contributed by atoms with van der Waals surface area (Å²) in [6.45, 7) is 0.0943. The average molecular weight is 339 g/mol. The van der Waals surface area contributed by atoms with Crippen LogP contribution in [0.3, 0.4) is 0 Å². The van der Waals surface area contributed by atoms with Crippen molar-refractivity contribution in [3.63, 3.8) is 0 Å². The fraction of sp³-hybridized carbons (Fsp3) is 0.154. The van der Waals surface area contributed by atoms with E-state index in [1.807, 2.05) is 0 Å². The van der Waals surface area contributed by atoms with E-state index in [9.17, 15) is 17.6 Å². The number of hydrogen-bond donors (Lipinski definition) is 1. The first-order valence-corrected chi connectivity index (χ1v) is 6.44. The second-order valence-corrected chi connectivity index (χ2v) is 4.82. The van der Waals surface area contributed by atoms with Gasteiger partial charge in [-0.1, -0.05) is 17.7 Å². The summed E-state index contributed by atoms with van der Waals surface area (Å²) in [4.78, 5) is 5.92. The first kappa shape index (κ1) is 16.0. The third-order valence-corrected chi connectivity index (χ3v) is 3.14. The van der Waals surface area contributed by atoms with Gasteiger partial charge in [0.15, 0.2) is 0 Å². The molecule has 2 nitrogen and oxygen atoms in total. The van der Waals surface area contributed by atoms with Gasteiger partial charge in [0, 0.05) is 12.1 Å². The monoisotopic (exact) mass is 338 g/mol. The van der Waals surface area contributed by atoms with Crippen molar-refractivity contribution in [3.05, 3.63) is 52.4 Å². The van der Waals surface area contributed by atoms with Crippen molar-refractivity contribution in [2.75, 3.05) is 0 Å². The fourth-order valence-corrected chi connectivity index (χ4v) is 2.08. The number of pyridine rings is 1. The Morgan fingerprint density at radius 1 is 1.14 bits per heavy atom. The number of hydrogen-bond acceptors (Lipinski definition) is 2. The number of halogens is 6. The third-order valence-electron chi connectivity index (χ3n) is 2.72. The molecule has 0 aliphatic carbocycles. The van der Waals surface area contributed by atoms with Gasteiger partial charge in [-0.2, -0.15) is 13.2 Å². The van der Waals surface area contributed by atoms with Crippen molar-refractivity contribution in [3.8, 4) is 11.3 Å². The van der Waals surface area contributed by atoms with E-state index in [1.165, 1.54) is 18.2 Å². The van der Waals surface area contributed by atoms with E-state index >= 15 is 0 Å². The van der Waals surface area contributed by atoms with E-state index in [2.05, 4.69) is 9.82 Å². The summed E-state index contributed by atoms with van der Waals surface area (Å²) in [7, 11) is 0. The lowest BCUT2D eigenvalue weighted by Gasteiger charge is -2.12. The Morgan fingerprint density at radius 3 is 2.43 bits per heavy atom. The van der Waals surface area contributed by atoms with Crippen LogP contribution in [-0.2, 0) is 12.7 Å². The van der Waals surface area contributed by atoms with Gasteiger partial charge in [0.1, 0.15) is 11.5 Å². The summed E-state index contributed by atoms with van der Waals surface area (Å²) < 4.78 is 51.4. The Labute approximate surface area is 127 Å². The zero-order valence-corrected chi connectivity index (χ0v) is 11.8. The van der Waals surface area contributed by atoms with Crippen LogP contribution in [0.1, 0.15) is 11.3 Å². The molecule has 0 aliphatic rings. The number of nitrogens with one attached hydrogen (secondary N) is 1. The topological polar surface area (TPSA) is 24.9 Å². The van der Waals surface area contributed by atoms with E-state index in [4.69, 9.17) is 23.4 Å². The van der Waals surface area contributed by atoms with Crippen LogP contribution < -0.4 is 4.84 Å². The molecule has 0 saturated carbocycles. The number of benzene rings is 1. The van der Waals surface area contributed by atoms with E-state index in [0.29, 0.717) is 5.56 Å². The molecule has 0 aliphatic heterocycles. The minimum Gasteiger partial charge on any atom is -0.243 e. The number of nitrogens with zero attached hydrogens (tertiary/aromatic N) is 1. The Bertz CT molecular complexity index is 659. The van der Waals surface area contributed by atoms with Gasteiger partial charge in [-0.25, -0.2) is 14.2 Å². The molecule has 0 spiro atoms. The molecule has 0 amide bonds. The van der Waals surface area contributed by atoms with E-state index in [0.717, 1.165) is 12.1 Å². The maximum absolute atomic E-state index is 13.2. The van der Waals surface area contributed by atoms with Crippen molar-refractivity contribution < 1.29 is 17.6 Å². The van der Waals surface area contributed by atoms with Crippen LogP contribution in [-0.4, -0.2) is 4.98 Å². The molecule has 8 heteroatoms. The fourth-order valence-electron chi connectivity index (χ4n) is 1.75. The van der Waals surface area contributed by atoms with Gasteiger partial charge >= 0.3 is 6.18 Å². The first-order chi connectivity index (χ1) is 9.82. The van der Waals surface area contributed by atoms with Crippen molar-refractivity contribution in [2.24, 2.45) is 0 Å². The summed E-state index contributed by atoms with van der Waals surface area (Å²) >= 11 is 11.1. The Kier molecular flexibility index (Phi) is 4.70. The summed E-state index contributed by atoms with van der Waals surface area (Å²) in [5.74, 6) is -0.663. The highest BCUT2D eigenvalue weighted by atomic mass is 35.5. The van der Waals surface area contributed by atoms with Crippen LogP contribution in [0.5, 0.6) is 0 Å².